The predicted molar refractivity (Wildman–Crippen MR) is 97.7 cm³/mol. The van der Waals surface area contributed by atoms with Crippen molar-refractivity contribution in [1.82, 2.24) is 10.2 Å². The van der Waals surface area contributed by atoms with E-state index in [1.54, 1.807) is 37.9 Å². The van der Waals surface area contributed by atoms with Crippen LogP contribution >= 0.6 is 24.2 Å². The number of halogens is 1. The summed E-state index contributed by atoms with van der Waals surface area (Å²) in [7, 11) is 5.02. The molecule has 8 heteroatoms. The molecule has 0 aliphatic carbocycles. The maximum atomic E-state index is 12.5. The van der Waals surface area contributed by atoms with E-state index >= 15 is 0 Å². The van der Waals surface area contributed by atoms with Gasteiger partial charge in [-0.15, -0.1) is 24.2 Å². The van der Waals surface area contributed by atoms with Crippen LogP contribution in [0.15, 0.2) is 17.0 Å². The number of hydrogen-bond acceptors (Lipinski definition) is 6. The minimum Gasteiger partial charge on any atom is -0.493 e. The molecule has 1 aliphatic heterocycles. The highest BCUT2D eigenvalue weighted by atomic mass is 35.5. The molecule has 1 aliphatic rings. The molecule has 6 nitrogen and oxygen atoms in total. The molecule has 1 unspecified atom stereocenters. The zero-order chi connectivity index (χ0) is 16.8. The van der Waals surface area contributed by atoms with E-state index in [4.69, 9.17) is 14.2 Å². The van der Waals surface area contributed by atoms with E-state index in [1.165, 1.54) is 0 Å². The van der Waals surface area contributed by atoms with E-state index in [9.17, 15) is 4.79 Å². The molecule has 0 radical (unpaired) electrons. The zero-order valence-corrected chi connectivity index (χ0v) is 16.1. The Kier molecular flexibility index (Phi) is 8.69. The van der Waals surface area contributed by atoms with Crippen molar-refractivity contribution in [2.75, 3.05) is 47.2 Å². The molecule has 0 spiro atoms. The lowest BCUT2D eigenvalue weighted by molar-refractivity contribution is -0.144. The van der Waals surface area contributed by atoms with Gasteiger partial charge in [0.1, 0.15) is 6.10 Å². The standard InChI is InChI=1S/C16H24N2O4S.ClH/c1-18(16(19)14-9-17-5-6-22-14)10-11-7-12(20-2)13(21-3)8-15(11)23-4;/h7-8,14,17H,5-6,9-10H2,1-4H3;1H. The first-order valence-electron chi connectivity index (χ1n) is 7.46. The number of carbonyl (C=O) groups excluding carboxylic acids is 1. The highest BCUT2D eigenvalue weighted by Gasteiger charge is 2.25. The van der Waals surface area contributed by atoms with Crippen molar-refractivity contribution in [3.05, 3.63) is 17.7 Å². The van der Waals surface area contributed by atoms with Gasteiger partial charge in [0.2, 0.25) is 0 Å². The number of ether oxygens (including phenoxy) is 3. The first kappa shape index (κ1) is 20.9. The molecule has 0 aromatic heterocycles. The van der Waals surface area contributed by atoms with Crippen molar-refractivity contribution < 1.29 is 19.0 Å². The second-order valence-corrected chi connectivity index (χ2v) is 6.12. The molecule has 2 rings (SSSR count). The van der Waals surface area contributed by atoms with Crippen LogP contribution in [0, 0.1) is 0 Å². The normalized spacial score (nSPS) is 16.9. The number of morpholine rings is 1. The van der Waals surface area contributed by atoms with E-state index in [-0.39, 0.29) is 18.3 Å². The molecule has 24 heavy (non-hydrogen) atoms. The average molecular weight is 377 g/mol. The molecule has 1 atom stereocenters. The third-order valence-corrected chi connectivity index (χ3v) is 4.59. The van der Waals surface area contributed by atoms with Crippen LogP contribution in [0.4, 0.5) is 0 Å². The number of nitrogens with one attached hydrogen (secondary N) is 1. The van der Waals surface area contributed by atoms with Gasteiger partial charge in [-0.1, -0.05) is 0 Å². The number of carbonyl (C=O) groups is 1. The minimum absolute atomic E-state index is 0. The lowest BCUT2D eigenvalue weighted by atomic mass is 10.1. The molecule has 0 bridgehead atoms. The van der Waals surface area contributed by atoms with E-state index in [0.29, 0.717) is 31.2 Å². The molecular weight excluding hydrogens is 352 g/mol. The van der Waals surface area contributed by atoms with Crippen molar-refractivity contribution in [3.63, 3.8) is 0 Å². The summed E-state index contributed by atoms with van der Waals surface area (Å²) in [5, 5.41) is 3.18. The Bertz CT molecular complexity index is 553. The number of amides is 1. The molecule has 1 heterocycles. The first-order valence-corrected chi connectivity index (χ1v) is 8.69. The van der Waals surface area contributed by atoms with Crippen molar-refractivity contribution in [2.45, 2.75) is 17.5 Å². The Morgan fingerprint density at radius 2 is 2.04 bits per heavy atom. The Hall–Kier alpha value is -1.15. The number of hydrogen-bond donors (Lipinski definition) is 1. The van der Waals surface area contributed by atoms with Gasteiger partial charge in [0.15, 0.2) is 11.5 Å². The maximum Gasteiger partial charge on any atom is 0.253 e. The van der Waals surface area contributed by atoms with Crippen LogP contribution in [0.2, 0.25) is 0 Å². The third kappa shape index (κ3) is 4.92. The van der Waals surface area contributed by atoms with Gasteiger partial charge in [-0.3, -0.25) is 4.79 Å². The number of nitrogens with zero attached hydrogens (tertiary/aromatic N) is 1. The van der Waals surface area contributed by atoms with Crippen molar-refractivity contribution in [2.24, 2.45) is 0 Å². The number of thioether (sulfide) groups is 1. The Morgan fingerprint density at radius 3 is 2.58 bits per heavy atom. The van der Waals surface area contributed by atoms with Gasteiger partial charge in [-0.2, -0.15) is 0 Å². The van der Waals surface area contributed by atoms with Gasteiger partial charge < -0.3 is 24.4 Å². The molecule has 1 saturated heterocycles. The van der Waals surface area contributed by atoms with Crippen LogP contribution in [-0.4, -0.2) is 64.1 Å². The van der Waals surface area contributed by atoms with Crippen LogP contribution in [-0.2, 0) is 16.1 Å². The van der Waals surface area contributed by atoms with Crippen LogP contribution < -0.4 is 14.8 Å². The SMILES string of the molecule is COc1cc(CN(C)C(=O)C2CNCCO2)c(SC)cc1OC.Cl. The molecule has 1 aromatic rings. The Labute approximate surface area is 153 Å². The van der Waals surface area contributed by atoms with E-state index < -0.39 is 6.10 Å². The largest absolute Gasteiger partial charge is 0.493 e. The number of likely N-dealkylation sites (N-methyl/N-ethyl adjacent to an activating group) is 1. The summed E-state index contributed by atoms with van der Waals surface area (Å²) >= 11 is 1.62. The predicted octanol–water partition coefficient (Wildman–Crippen LogP) is 1.79. The summed E-state index contributed by atoms with van der Waals surface area (Å²) in [5.74, 6) is 1.34. The second-order valence-electron chi connectivity index (χ2n) is 5.28. The Balaban J connectivity index is 0.00000288. The number of methoxy groups -OCH3 is 2. The number of benzene rings is 1. The molecule has 0 saturated carbocycles. The summed E-state index contributed by atoms with van der Waals surface area (Å²) in [6.45, 7) is 2.41. The van der Waals surface area contributed by atoms with Gasteiger partial charge in [0, 0.05) is 31.6 Å². The summed E-state index contributed by atoms with van der Waals surface area (Å²) in [5.41, 5.74) is 1.02. The summed E-state index contributed by atoms with van der Waals surface area (Å²) in [4.78, 5) is 15.2. The fourth-order valence-corrected chi connectivity index (χ4v) is 3.13. The van der Waals surface area contributed by atoms with Crippen LogP contribution in [0.3, 0.4) is 0 Å². The molecule has 1 aromatic carbocycles. The van der Waals surface area contributed by atoms with Crippen LogP contribution in [0.1, 0.15) is 5.56 Å². The van der Waals surface area contributed by atoms with E-state index in [1.807, 2.05) is 18.4 Å². The third-order valence-electron chi connectivity index (χ3n) is 3.77. The molecular formula is C16H25ClN2O4S. The fourth-order valence-electron chi connectivity index (χ4n) is 2.52. The van der Waals surface area contributed by atoms with Crippen molar-refractivity contribution >= 4 is 30.1 Å². The molecule has 136 valence electrons. The smallest absolute Gasteiger partial charge is 0.253 e. The quantitative estimate of drug-likeness (QED) is 0.764. The maximum absolute atomic E-state index is 12.5. The lowest BCUT2D eigenvalue weighted by Crippen LogP contribution is -2.48. The minimum atomic E-state index is -0.411. The van der Waals surface area contributed by atoms with Crippen LogP contribution in [0.5, 0.6) is 11.5 Å². The van der Waals surface area contributed by atoms with E-state index in [0.717, 1.165) is 17.0 Å². The summed E-state index contributed by atoms with van der Waals surface area (Å²) in [6.07, 6.45) is 1.59. The van der Waals surface area contributed by atoms with Gasteiger partial charge in [0.25, 0.3) is 5.91 Å². The number of rotatable bonds is 6. The van der Waals surface area contributed by atoms with E-state index in [2.05, 4.69) is 5.32 Å². The Morgan fingerprint density at radius 1 is 1.38 bits per heavy atom. The van der Waals surface area contributed by atoms with Gasteiger partial charge >= 0.3 is 0 Å². The highest BCUT2D eigenvalue weighted by Crippen LogP contribution is 2.35. The average Bonchev–Trinajstić information content (AvgIpc) is 2.61. The van der Waals surface area contributed by atoms with Crippen molar-refractivity contribution in [3.8, 4) is 11.5 Å². The van der Waals surface area contributed by atoms with Crippen LogP contribution in [0.25, 0.3) is 0 Å². The van der Waals surface area contributed by atoms with Gasteiger partial charge in [-0.25, -0.2) is 0 Å². The summed E-state index contributed by atoms with van der Waals surface area (Å²) < 4.78 is 16.2. The highest BCUT2D eigenvalue weighted by molar-refractivity contribution is 7.98. The molecule has 1 amide bonds. The first-order chi connectivity index (χ1) is 11.1. The zero-order valence-electron chi connectivity index (χ0n) is 14.5. The second kappa shape index (κ2) is 9.98. The molecule has 1 N–H and O–H groups in total. The van der Waals surface area contributed by atoms with Crippen molar-refractivity contribution in [1.29, 1.82) is 0 Å². The van der Waals surface area contributed by atoms with Gasteiger partial charge in [0.05, 0.1) is 20.8 Å². The van der Waals surface area contributed by atoms with Gasteiger partial charge in [-0.05, 0) is 24.0 Å². The summed E-state index contributed by atoms with van der Waals surface area (Å²) in [6, 6.07) is 3.87. The lowest BCUT2D eigenvalue weighted by Gasteiger charge is -2.28. The topological polar surface area (TPSA) is 60.0 Å². The monoisotopic (exact) mass is 376 g/mol. The fraction of sp³-hybridized carbons (Fsp3) is 0.562. The molecule has 1 fully saturated rings.